The molecule has 2 aromatic rings. The van der Waals surface area contributed by atoms with Crippen molar-refractivity contribution in [3.8, 4) is 11.3 Å². The van der Waals surface area contributed by atoms with Crippen LogP contribution in [0, 0.1) is 10.2 Å². The second-order valence-electron chi connectivity index (χ2n) is 3.88. The highest BCUT2D eigenvalue weighted by Gasteiger charge is 2.05. The van der Waals surface area contributed by atoms with Gasteiger partial charge in [0, 0.05) is 18.5 Å². The van der Waals surface area contributed by atoms with E-state index in [0.29, 0.717) is 0 Å². The molecular formula is C13H17ClN2O4S. The van der Waals surface area contributed by atoms with E-state index < -0.39 is 10.2 Å². The van der Waals surface area contributed by atoms with Gasteiger partial charge in [0.25, 0.3) is 0 Å². The molecule has 0 spiro atoms. The molecule has 0 saturated carbocycles. The van der Waals surface area contributed by atoms with E-state index in [2.05, 4.69) is 53.1 Å². The number of nitrogens with zero attached hydrogens (tertiary/aromatic N) is 2. The lowest BCUT2D eigenvalue weighted by Crippen LogP contribution is -2.58. The summed E-state index contributed by atoms with van der Waals surface area (Å²) in [5, 5.41) is 2.19. The lowest BCUT2D eigenvalue weighted by atomic mass is 10.2. The third-order valence-electron chi connectivity index (χ3n) is 2.48. The maximum atomic E-state index is 8.60. The Bertz CT molecular complexity index is 599. The fourth-order valence-electron chi connectivity index (χ4n) is 1.74. The van der Waals surface area contributed by atoms with Gasteiger partial charge in [0.05, 0.1) is 20.6 Å². The third kappa shape index (κ3) is 6.38. The first-order chi connectivity index (χ1) is 9.86. The van der Waals surface area contributed by atoms with Crippen molar-refractivity contribution in [3.63, 3.8) is 0 Å². The number of hydrogen-bond donors (Lipinski definition) is 1. The van der Waals surface area contributed by atoms with Gasteiger partial charge in [-0.15, -0.1) is 11.3 Å². The summed E-state index contributed by atoms with van der Waals surface area (Å²) in [4.78, 5) is 5.62. The molecule has 0 radical (unpaired) electrons. The Kier molecular flexibility index (Phi) is 7.03. The number of halogens is 1. The average molecular weight is 333 g/mol. The second kappa shape index (κ2) is 8.28. The molecule has 8 heteroatoms. The summed E-state index contributed by atoms with van der Waals surface area (Å²) in [6.07, 6.45) is 0. The van der Waals surface area contributed by atoms with Gasteiger partial charge in [-0.3, -0.25) is 4.99 Å². The van der Waals surface area contributed by atoms with Crippen LogP contribution in [0.2, 0.25) is 0 Å². The molecule has 1 aromatic heterocycles. The molecule has 0 bridgehead atoms. The monoisotopic (exact) mass is 332 g/mol. The SMILES string of the molecule is CCN=c1scc(-c2ccccc2)n1CC.[O-][Cl+3]([O-])([O-])O. The molecule has 0 aliphatic carbocycles. The fourth-order valence-corrected chi connectivity index (χ4v) is 2.77. The van der Waals surface area contributed by atoms with Crippen LogP contribution >= 0.6 is 11.3 Å². The maximum absolute atomic E-state index is 8.60. The van der Waals surface area contributed by atoms with E-state index >= 15 is 0 Å². The maximum Gasteiger partial charge on any atom is 0.185 e. The average Bonchev–Trinajstić information content (AvgIpc) is 2.81. The standard InChI is InChI=1S/C13H16N2S.ClHO4/c1-3-14-13-15(4-2)12(10-16-13)11-8-6-5-7-9-11;2-1(3,4)5/h5-10H,3-4H2,1-2H3;(H,2,3,4,5). The van der Waals surface area contributed by atoms with Crippen LogP contribution < -0.4 is 18.8 Å². The van der Waals surface area contributed by atoms with Crippen LogP contribution in [0.4, 0.5) is 0 Å². The highest BCUT2D eigenvalue weighted by molar-refractivity contribution is 7.07. The molecular weight excluding hydrogens is 316 g/mol. The molecule has 2 rings (SSSR count). The smallest absolute Gasteiger partial charge is 0.185 e. The number of thiazole rings is 1. The highest BCUT2D eigenvalue weighted by atomic mass is 35.7. The molecule has 21 heavy (non-hydrogen) atoms. The number of benzene rings is 1. The highest BCUT2D eigenvalue weighted by Crippen LogP contribution is 2.19. The van der Waals surface area contributed by atoms with E-state index in [0.717, 1.165) is 17.9 Å². The van der Waals surface area contributed by atoms with Gasteiger partial charge in [-0.25, -0.2) is 0 Å². The summed E-state index contributed by atoms with van der Waals surface area (Å²) in [7, 11) is -4.69. The van der Waals surface area contributed by atoms with Gasteiger partial charge < -0.3 is 4.57 Å². The van der Waals surface area contributed by atoms with Crippen LogP contribution in [0.25, 0.3) is 11.3 Å². The summed E-state index contributed by atoms with van der Waals surface area (Å²) >= 11 is 1.72. The molecule has 6 nitrogen and oxygen atoms in total. The van der Waals surface area contributed by atoms with Gasteiger partial charge in [0.1, 0.15) is 0 Å². The first-order valence-corrected chi connectivity index (χ1v) is 8.38. The summed E-state index contributed by atoms with van der Waals surface area (Å²) in [5.74, 6) is 0. The normalized spacial score (nSPS) is 12.0. The summed E-state index contributed by atoms with van der Waals surface area (Å²) in [6.45, 7) is 6.04. The Morgan fingerprint density at radius 3 is 2.24 bits per heavy atom. The van der Waals surface area contributed by atoms with E-state index in [4.69, 9.17) is 18.6 Å². The third-order valence-corrected chi connectivity index (χ3v) is 3.38. The largest absolute Gasteiger partial charge is 0.317 e. The Balaban J connectivity index is 0.000000383. The van der Waals surface area contributed by atoms with Crippen LogP contribution in [0.3, 0.4) is 0 Å². The first-order valence-electron chi connectivity index (χ1n) is 6.24. The van der Waals surface area contributed by atoms with Gasteiger partial charge in [0.15, 0.2) is 4.80 Å². The Morgan fingerprint density at radius 1 is 1.19 bits per heavy atom. The van der Waals surface area contributed by atoms with Crippen molar-refractivity contribution in [2.24, 2.45) is 4.99 Å². The number of rotatable bonds is 3. The zero-order chi connectivity index (χ0) is 15.9. The summed E-state index contributed by atoms with van der Waals surface area (Å²) in [6, 6.07) is 10.5. The van der Waals surface area contributed by atoms with Gasteiger partial charge in [0.2, 0.25) is 0 Å². The minimum absolute atomic E-state index is 0.842. The molecule has 0 fully saturated rings. The van der Waals surface area contributed by atoms with Crippen molar-refractivity contribution in [1.82, 2.24) is 4.57 Å². The van der Waals surface area contributed by atoms with E-state index in [9.17, 15) is 0 Å². The molecule has 116 valence electrons. The molecule has 1 heterocycles. The molecule has 0 unspecified atom stereocenters. The lowest BCUT2D eigenvalue weighted by Gasteiger charge is -2.05. The predicted octanol–water partition coefficient (Wildman–Crippen LogP) is -0.967. The topological polar surface area (TPSA) is 107 Å². The number of aromatic nitrogens is 1. The zero-order valence-electron chi connectivity index (χ0n) is 11.7. The molecule has 0 aliphatic rings. The van der Waals surface area contributed by atoms with Gasteiger partial charge in [-0.05, 0) is 19.4 Å². The van der Waals surface area contributed by atoms with E-state index in [-0.39, 0.29) is 0 Å². The molecule has 0 saturated heterocycles. The van der Waals surface area contributed by atoms with Crippen LogP contribution in [0.1, 0.15) is 13.8 Å². The van der Waals surface area contributed by atoms with Crippen molar-refractivity contribution in [1.29, 1.82) is 0 Å². The summed E-state index contributed by atoms with van der Waals surface area (Å²) in [5.41, 5.74) is 2.53. The Hall–Kier alpha value is -1.22. The quantitative estimate of drug-likeness (QED) is 0.780. The Morgan fingerprint density at radius 2 is 1.76 bits per heavy atom. The van der Waals surface area contributed by atoms with Crippen molar-refractivity contribution in [2.75, 3.05) is 6.54 Å². The van der Waals surface area contributed by atoms with Crippen molar-refractivity contribution in [2.45, 2.75) is 20.4 Å². The lowest BCUT2D eigenvalue weighted by molar-refractivity contribution is -1.92. The minimum atomic E-state index is -4.69. The minimum Gasteiger partial charge on any atom is -0.317 e. The van der Waals surface area contributed by atoms with Gasteiger partial charge in [-0.1, -0.05) is 30.3 Å². The van der Waals surface area contributed by atoms with Gasteiger partial charge >= 0.3 is 0 Å². The second-order valence-corrected chi connectivity index (χ2v) is 5.51. The van der Waals surface area contributed by atoms with Crippen molar-refractivity contribution >= 4 is 11.3 Å². The Labute approximate surface area is 129 Å². The molecule has 1 aromatic carbocycles. The zero-order valence-corrected chi connectivity index (χ0v) is 13.3. The van der Waals surface area contributed by atoms with E-state index in [1.54, 1.807) is 11.3 Å². The van der Waals surface area contributed by atoms with E-state index in [1.165, 1.54) is 11.3 Å². The van der Waals surface area contributed by atoms with Crippen molar-refractivity contribution in [3.05, 3.63) is 40.5 Å². The van der Waals surface area contributed by atoms with Crippen LogP contribution in [-0.2, 0) is 6.54 Å². The predicted molar refractivity (Wildman–Crippen MR) is 71.7 cm³/mol. The van der Waals surface area contributed by atoms with E-state index in [1.807, 2.05) is 6.07 Å². The van der Waals surface area contributed by atoms with Crippen LogP contribution in [0.15, 0.2) is 40.7 Å². The number of hydrogen-bond acceptors (Lipinski definition) is 6. The van der Waals surface area contributed by atoms with Crippen LogP contribution in [-0.4, -0.2) is 15.8 Å². The fraction of sp³-hybridized carbons (Fsp3) is 0.308. The summed E-state index contributed by atoms with van der Waals surface area (Å²) < 4.78 is 35.0. The molecule has 1 N–H and O–H groups in total. The van der Waals surface area contributed by atoms with Crippen molar-refractivity contribution < 1.29 is 28.9 Å². The van der Waals surface area contributed by atoms with Gasteiger partial charge in [-0.2, -0.15) is 14.0 Å². The molecule has 0 atom stereocenters. The first kappa shape index (κ1) is 17.8. The molecule has 0 aliphatic heterocycles. The van der Waals surface area contributed by atoms with Crippen LogP contribution in [0.5, 0.6) is 0 Å². The molecule has 0 amide bonds.